The Hall–Kier alpha value is -0.880. The molecule has 1 aliphatic heterocycles. The highest BCUT2D eigenvalue weighted by molar-refractivity contribution is 4.89. The second kappa shape index (κ2) is 13.4. The highest BCUT2D eigenvalue weighted by Crippen LogP contribution is 2.03. The van der Waals surface area contributed by atoms with E-state index in [9.17, 15) is 0 Å². The maximum Gasteiger partial charge on any atom is 0.0219 e. The second-order valence-corrected chi connectivity index (χ2v) is 6.78. The average molecular weight is 336 g/mol. The minimum Gasteiger partial charge on any atom is -0.354 e. The van der Waals surface area contributed by atoms with Gasteiger partial charge in [0.05, 0.1) is 0 Å². The predicted molar refractivity (Wildman–Crippen MR) is 103 cm³/mol. The Balaban J connectivity index is 1.58. The molecule has 0 saturated carbocycles. The van der Waals surface area contributed by atoms with Crippen LogP contribution in [0.25, 0.3) is 0 Å². The summed E-state index contributed by atoms with van der Waals surface area (Å²) >= 11 is 0. The molecule has 0 aliphatic carbocycles. The number of nitrogens with one attached hydrogen (secondary N) is 3. The number of rotatable bonds is 6. The lowest BCUT2D eigenvalue weighted by Crippen LogP contribution is -2.37. The predicted octanol–water partition coefficient (Wildman–Crippen LogP) is 1.52. The molecule has 1 aliphatic rings. The monoisotopic (exact) mass is 335 g/mol. The van der Waals surface area contributed by atoms with Gasteiger partial charge in [0.1, 0.15) is 0 Å². The van der Waals surface area contributed by atoms with Crippen molar-refractivity contribution in [2.45, 2.75) is 38.6 Å². The smallest absolute Gasteiger partial charge is 0.0219 e. The summed E-state index contributed by atoms with van der Waals surface area (Å²) in [6, 6.07) is 4.22. The summed E-state index contributed by atoms with van der Waals surface area (Å²) in [4.78, 5) is 2.65. The van der Waals surface area contributed by atoms with Gasteiger partial charge < -0.3 is 25.4 Å². The fraction of sp³-hybridized carbons (Fsp3) is 0.789. The fourth-order valence-electron chi connectivity index (χ4n) is 3.22. The van der Waals surface area contributed by atoms with Crippen LogP contribution in [0.3, 0.4) is 0 Å². The van der Waals surface area contributed by atoms with Gasteiger partial charge in [-0.15, -0.1) is 0 Å². The third kappa shape index (κ3) is 9.42. The van der Waals surface area contributed by atoms with E-state index in [1.165, 1.54) is 51.7 Å². The first-order valence-electron chi connectivity index (χ1n) is 9.90. The number of aryl methyl sites for hydroxylation is 1. The van der Waals surface area contributed by atoms with Crippen molar-refractivity contribution in [2.24, 2.45) is 0 Å². The Labute approximate surface area is 148 Å². The SMILES string of the molecule is c1ccn(CCCCCN2CCCNCCNCCCNCC2)c1. The van der Waals surface area contributed by atoms with E-state index in [1.54, 1.807) is 0 Å². The largest absolute Gasteiger partial charge is 0.354 e. The summed E-state index contributed by atoms with van der Waals surface area (Å²) < 4.78 is 2.28. The van der Waals surface area contributed by atoms with Crippen molar-refractivity contribution in [1.82, 2.24) is 25.4 Å². The van der Waals surface area contributed by atoms with Gasteiger partial charge in [0.25, 0.3) is 0 Å². The van der Waals surface area contributed by atoms with E-state index in [0.29, 0.717) is 0 Å². The molecule has 5 nitrogen and oxygen atoms in total. The van der Waals surface area contributed by atoms with E-state index >= 15 is 0 Å². The van der Waals surface area contributed by atoms with Crippen LogP contribution in [0.1, 0.15) is 32.1 Å². The Morgan fingerprint density at radius 3 is 2.08 bits per heavy atom. The third-order valence-corrected chi connectivity index (χ3v) is 4.68. The molecule has 1 fully saturated rings. The quantitative estimate of drug-likeness (QED) is 0.690. The Bertz CT molecular complexity index is 365. The molecule has 0 unspecified atom stereocenters. The summed E-state index contributed by atoms with van der Waals surface area (Å²) in [6.07, 6.45) is 10.7. The zero-order valence-corrected chi connectivity index (χ0v) is 15.3. The van der Waals surface area contributed by atoms with Gasteiger partial charge in [-0.3, -0.25) is 0 Å². The molecule has 1 aromatic rings. The number of aromatic nitrogens is 1. The topological polar surface area (TPSA) is 44.3 Å². The molecular weight excluding hydrogens is 298 g/mol. The maximum absolute atomic E-state index is 3.59. The minimum absolute atomic E-state index is 1.09. The first-order chi connectivity index (χ1) is 11.9. The van der Waals surface area contributed by atoms with Crippen LogP contribution in [0.4, 0.5) is 0 Å². The summed E-state index contributed by atoms with van der Waals surface area (Å²) in [5, 5.41) is 10.6. The molecule has 1 aromatic heterocycles. The number of nitrogens with zero attached hydrogens (tertiary/aromatic N) is 2. The van der Waals surface area contributed by atoms with Crippen LogP contribution in [0.5, 0.6) is 0 Å². The van der Waals surface area contributed by atoms with E-state index in [1.807, 2.05) is 0 Å². The summed E-state index contributed by atoms with van der Waals surface area (Å²) in [5.74, 6) is 0. The lowest BCUT2D eigenvalue weighted by molar-refractivity contribution is 0.261. The zero-order valence-electron chi connectivity index (χ0n) is 15.3. The van der Waals surface area contributed by atoms with Crippen molar-refractivity contribution in [1.29, 1.82) is 0 Å². The summed E-state index contributed by atoms with van der Waals surface area (Å²) in [5.41, 5.74) is 0. The summed E-state index contributed by atoms with van der Waals surface area (Å²) in [7, 11) is 0. The van der Waals surface area contributed by atoms with Gasteiger partial charge in [-0.2, -0.15) is 0 Å². The number of hydrogen-bond donors (Lipinski definition) is 3. The van der Waals surface area contributed by atoms with Gasteiger partial charge in [0.15, 0.2) is 0 Å². The van der Waals surface area contributed by atoms with Gasteiger partial charge in [-0.05, 0) is 70.5 Å². The average Bonchev–Trinajstić information content (AvgIpc) is 3.11. The highest BCUT2D eigenvalue weighted by Gasteiger charge is 2.05. The standard InChI is InChI=1S/C19H37N5/c1(2-14-23-16-4-5-17-23)3-15-24-18-7-10-21-12-11-20-8-6-9-22-13-19-24/h4-5,16-17,20-22H,1-3,6-15,18-19H2. The van der Waals surface area contributed by atoms with Crippen LogP contribution in [0.2, 0.25) is 0 Å². The lowest BCUT2D eigenvalue weighted by Gasteiger charge is -2.23. The molecule has 5 heteroatoms. The van der Waals surface area contributed by atoms with E-state index in [2.05, 4.69) is 49.9 Å². The second-order valence-electron chi connectivity index (χ2n) is 6.78. The zero-order chi connectivity index (χ0) is 16.7. The molecular formula is C19H37N5. The number of hydrogen-bond acceptors (Lipinski definition) is 4. The molecule has 2 rings (SSSR count). The maximum atomic E-state index is 3.59. The van der Waals surface area contributed by atoms with Crippen molar-refractivity contribution in [2.75, 3.05) is 58.9 Å². The Kier molecular flexibility index (Phi) is 10.9. The molecule has 138 valence electrons. The van der Waals surface area contributed by atoms with Crippen LogP contribution >= 0.6 is 0 Å². The van der Waals surface area contributed by atoms with Gasteiger partial charge in [0.2, 0.25) is 0 Å². The molecule has 0 atom stereocenters. The van der Waals surface area contributed by atoms with Crippen LogP contribution in [0.15, 0.2) is 24.5 Å². The van der Waals surface area contributed by atoms with Gasteiger partial charge in [-0.1, -0.05) is 6.42 Å². The molecule has 1 saturated heterocycles. The highest BCUT2D eigenvalue weighted by atomic mass is 15.1. The Morgan fingerprint density at radius 1 is 0.625 bits per heavy atom. The van der Waals surface area contributed by atoms with E-state index in [4.69, 9.17) is 0 Å². The van der Waals surface area contributed by atoms with Crippen molar-refractivity contribution < 1.29 is 0 Å². The number of unbranched alkanes of at least 4 members (excludes halogenated alkanes) is 2. The Morgan fingerprint density at radius 2 is 1.29 bits per heavy atom. The lowest BCUT2D eigenvalue weighted by atomic mass is 10.2. The summed E-state index contributed by atoms with van der Waals surface area (Å²) in [6.45, 7) is 11.5. The van der Waals surface area contributed by atoms with Crippen molar-refractivity contribution >= 4 is 0 Å². The van der Waals surface area contributed by atoms with E-state index in [-0.39, 0.29) is 0 Å². The minimum atomic E-state index is 1.09. The van der Waals surface area contributed by atoms with Crippen molar-refractivity contribution in [3.05, 3.63) is 24.5 Å². The van der Waals surface area contributed by atoms with Crippen LogP contribution < -0.4 is 16.0 Å². The molecule has 24 heavy (non-hydrogen) atoms. The van der Waals surface area contributed by atoms with Gasteiger partial charge >= 0.3 is 0 Å². The molecule has 2 heterocycles. The molecule has 0 spiro atoms. The van der Waals surface area contributed by atoms with Gasteiger partial charge in [0, 0.05) is 45.1 Å². The van der Waals surface area contributed by atoms with Crippen molar-refractivity contribution in [3.63, 3.8) is 0 Å². The molecule has 0 bridgehead atoms. The van der Waals surface area contributed by atoms with Crippen LogP contribution in [-0.4, -0.2) is 68.4 Å². The van der Waals surface area contributed by atoms with Crippen LogP contribution in [-0.2, 0) is 6.54 Å². The van der Waals surface area contributed by atoms with E-state index < -0.39 is 0 Å². The van der Waals surface area contributed by atoms with E-state index in [0.717, 1.165) is 45.8 Å². The first kappa shape index (κ1) is 19.4. The van der Waals surface area contributed by atoms with Crippen LogP contribution in [0, 0.1) is 0 Å². The fourth-order valence-corrected chi connectivity index (χ4v) is 3.22. The molecule has 3 N–H and O–H groups in total. The normalized spacial score (nSPS) is 19.8. The first-order valence-corrected chi connectivity index (χ1v) is 9.90. The molecule has 0 aromatic carbocycles. The van der Waals surface area contributed by atoms with Gasteiger partial charge in [-0.25, -0.2) is 0 Å². The van der Waals surface area contributed by atoms with Crippen molar-refractivity contribution in [3.8, 4) is 0 Å². The molecule has 0 radical (unpaired) electrons. The third-order valence-electron chi connectivity index (χ3n) is 4.68. The molecule has 0 amide bonds.